The number of benzene rings is 3. The number of carbonyl (C=O) groups is 1. The van der Waals surface area contributed by atoms with Crippen LogP contribution in [0.25, 0.3) is 16.7 Å². The van der Waals surface area contributed by atoms with Crippen LogP contribution in [0, 0.1) is 0 Å². The molecule has 4 aromatic rings. The van der Waals surface area contributed by atoms with Crippen LogP contribution in [0.5, 0.6) is 11.5 Å². The maximum Gasteiger partial charge on any atom is 0.387 e. The molecule has 38 heavy (non-hydrogen) atoms. The summed E-state index contributed by atoms with van der Waals surface area (Å²) in [5.41, 5.74) is 3.91. The fourth-order valence-corrected chi connectivity index (χ4v) is 4.25. The smallest absolute Gasteiger partial charge is 0.387 e. The van der Waals surface area contributed by atoms with Crippen LogP contribution in [0.4, 0.5) is 8.78 Å². The second-order valence-corrected chi connectivity index (χ2v) is 8.83. The van der Waals surface area contributed by atoms with Gasteiger partial charge in [0, 0.05) is 37.4 Å². The van der Waals surface area contributed by atoms with Gasteiger partial charge in [-0.3, -0.25) is 14.3 Å². The third-order valence-electron chi connectivity index (χ3n) is 6.30. The van der Waals surface area contributed by atoms with E-state index in [-0.39, 0.29) is 11.7 Å². The number of carbonyl (C=O) groups excluding carboxylic acids is 1. The number of fused-ring (bicyclic) bond motifs is 1. The molecule has 0 saturated carbocycles. The molecule has 2 heterocycles. The lowest BCUT2D eigenvalue weighted by atomic mass is 10.2. The third kappa shape index (κ3) is 6.45. The Kier molecular flexibility index (Phi) is 8.10. The van der Waals surface area contributed by atoms with Crippen molar-refractivity contribution in [1.29, 1.82) is 0 Å². The van der Waals surface area contributed by atoms with E-state index in [4.69, 9.17) is 9.47 Å². The summed E-state index contributed by atoms with van der Waals surface area (Å²) in [4.78, 5) is 19.4. The van der Waals surface area contributed by atoms with Crippen molar-refractivity contribution < 1.29 is 27.8 Å². The third-order valence-corrected chi connectivity index (χ3v) is 6.30. The molecule has 1 aromatic heterocycles. The Morgan fingerprint density at radius 1 is 1.00 bits per heavy atom. The molecule has 0 radical (unpaired) electrons. The van der Waals surface area contributed by atoms with E-state index >= 15 is 0 Å². The Morgan fingerprint density at radius 2 is 1.74 bits per heavy atom. The first-order valence-electron chi connectivity index (χ1n) is 12.4. The topological polar surface area (TPSA) is 77.9 Å². The Hall–Kier alpha value is -4.02. The zero-order chi connectivity index (χ0) is 26.3. The van der Waals surface area contributed by atoms with Gasteiger partial charge in [-0.2, -0.15) is 8.78 Å². The van der Waals surface area contributed by atoms with Gasteiger partial charge in [-0.15, -0.1) is 0 Å². The maximum absolute atomic E-state index is 12.6. The van der Waals surface area contributed by atoms with Crippen LogP contribution >= 0.6 is 0 Å². The molecular weight excluding hydrogens is 494 g/mol. The molecule has 0 spiro atoms. The molecule has 1 amide bonds. The molecular formula is C28H28F2N4O4. The second kappa shape index (κ2) is 12.0. The Balaban J connectivity index is 1.17. The van der Waals surface area contributed by atoms with Crippen LogP contribution in [0.2, 0.25) is 0 Å². The Morgan fingerprint density at radius 3 is 2.47 bits per heavy atom. The number of imidazole rings is 1. The van der Waals surface area contributed by atoms with E-state index in [0.29, 0.717) is 24.5 Å². The number of ether oxygens (including phenoxy) is 3. The van der Waals surface area contributed by atoms with Crippen molar-refractivity contribution in [3.8, 4) is 17.2 Å². The van der Waals surface area contributed by atoms with Crippen LogP contribution in [-0.4, -0.2) is 66.4 Å². The molecule has 3 aromatic carbocycles. The van der Waals surface area contributed by atoms with Gasteiger partial charge in [-0.25, -0.2) is 4.98 Å². The largest absolute Gasteiger partial charge is 0.489 e. The number of morpholine rings is 1. The number of nitrogens with one attached hydrogen (secondary N) is 1. The quantitative estimate of drug-likeness (QED) is 0.335. The highest BCUT2D eigenvalue weighted by Crippen LogP contribution is 2.23. The zero-order valence-corrected chi connectivity index (χ0v) is 20.7. The molecule has 8 nitrogen and oxygen atoms in total. The van der Waals surface area contributed by atoms with Crippen LogP contribution in [0.1, 0.15) is 15.9 Å². The number of alkyl halides is 2. The fourth-order valence-electron chi connectivity index (χ4n) is 4.25. The fraction of sp³-hybridized carbons (Fsp3) is 0.286. The minimum absolute atomic E-state index is 0.109. The second-order valence-electron chi connectivity index (χ2n) is 8.83. The first-order valence-corrected chi connectivity index (χ1v) is 12.4. The van der Waals surface area contributed by atoms with Crippen LogP contribution in [0.3, 0.4) is 0 Å². The highest BCUT2D eigenvalue weighted by molar-refractivity contribution is 5.97. The SMILES string of the molecule is O=C(NCCN1CCOCC1)c1ccc2c(c1)ncn2-c1ccc(OCc2ccc(OC(F)F)cc2)cc1. The molecule has 1 saturated heterocycles. The molecule has 0 aliphatic carbocycles. The van der Waals surface area contributed by atoms with Crippen molar-refractivity contribution in [2.45, 2.75) is 13.2 Å². The highest BCUT2D eigenvalue weighted by Gasteiger charge is 2.13. The van der Waals surface area contributed by atoms with Gasteiger partial charge in [-0.1, -0.05) is 12.1 Å². The van der Waals surface area contributed by atoms with Crippen LogP contribution < -0.4 is 14.8 Å². The monoisotopic (exact) mass is 522 g/mol. The van der Waals surface area contributed by atoms with E-state index in [0.717, 1.165) is 55.1 Å². The van der Waals surface area contributed by atoms with Crippen molar-refractivity contribution in [3.05, 3.63) is 84.2 Å². The first kappa shape index (κ1) is 25.6. The molecule has 5 rings (SSSR count). The van der Waals surface area contributed by atoms with Crippen molar-refractivity contribution in [2.24, 2.45) is 0 Å². The molecule has 0 unspecified atom stereocenters. The van der Waals surface area contributed by atoms with E-state index in [1.165, 1.54) is 12.1 Å². The lowest BCUT2D eigenvalue weighted by Crippen LogP contribution is -2.41. The zero-order valence-electron chi connectivity index (χ0n) is 20.7. The summed E-state index contributed by atoms with van der Waals surface area (Å²) in [6, 6.07) is 19.4. The van der Waals surface area contributed by atoms with Gasteiger partial charge in [0.1, 0.15) is 24.4 Å². The maximum atomic E-state index is 12.6. The average molecular weight is 523 g/mol. The molecule has 0 bridgehead atoms. The summed E-state index contributed by atoms with van der Waals surface area (Å²) in [5.74, 6) is 0.659. The van der Waals surface area contributed by atoms with Crippen LogP contribution in [-0.2, 0) is 11.3 Å². The van der Waals surface area contributed by atoms with Crippen molar-refractivity contribution >= 4 is 16.9 Å². The number of aromatic nitrogens is 2. The normalized spacial score (nSPS) is 14.1. The molecule has 10 heteroatoms. The predicted octanol–water partition coefficient (Wildman–Crippen LogP) is 4.27. The predicted molar refractivity (Wildman–Crippen MR) is 138 cm³/mol. The molecule has 198 valence electrons. The van der Waals surface area contributed by atoms with Gasteiger partial charge < -0.3 is 19.5 Å². The van der Waals surface area contributed by atoms with E-state index in [1.54, 1.807) is 30.6 Å². The van der Waals surface area contributed by atoms with Crippen LogP contribution in [0.15, 0.2) is 73.1 Å². The van der Waals surface area contributed by atoms with Gasteiger partial charge in [0.2, 0.25) is 0 Å². The van der Waals surface area contributed by atoms with Gasteiger partial charge in [0.05, 0.1) is 24.2 Å². The van der Waals surface area contributed by atoms with E-state index < -0.39 is 6.61 Å². The number of amides is 1. The summed E-state index contributed by atoms with van der Waals surface area (Å²) in [6.45, 7) is 2.08. The summed E-state index contributed by atoms with van der Waals surface area (Å²) in [7, 11) is 0. The summed E-state index contributed by atoms with van der Waals surface area (Å²) in [5, 5.41) is 2.98. The van der Waals surface area contributed by atoms with Gasteiger partial charge in [-0.05, 0) is 60.2 Å². The lowest BCUT2D eigenvalue weighted by molar-refractivity contribution is -0.0498. The summed E-state index contributed by atoms with van der Waals surface area (Å²) < 4.78 is 42.0. The van der Waals surface area contributed by atoms with Gasteiger partial charge >= 0.3 is 6.61 Å². The Labute approximate surface area is 218 Å². The number of hydrogen-bond acceptors (Lipinski definition) is 6. The van der Waals surface area contributed by atoms with Crippen molar-refractivity contribution in [2.75, 3.05) is 39.4 Å². The summed E-state index contributed by atoms with van der Waals surface area (Å²) in [6.07, 6.45) is 1.73. The van der Waals surface area contributed by atoms with Crippen molar-refractivity contribution in [1.82, 2.24) is 19.8 Å². The first-order chi connectivity index (χ1) is 18.5. The number of halogens is 2. The minimum atomic E-state index is -2.85. The molecule has 0 atom stereocenters. The van der Waals surface area contributed by atoms with E-state index in [9.17, 15) is 13.6 Å². The number of rotatable bonds is 10. The standard InChI is InChI=1S/C28H28F2N4O4/c29-28(30)38-24-6-1-20(2-7-24)18-37-23-8-4-22(5-9-23)34-19-32-25-17-21(3-10-26(25)34)27(35)31-11-12-33-13-15-36-16-14-33/h1-10,17,19,28H,11-16,18H2,(H,31,35). The van der Waals surface area contributed by atoms with Crippen molar-refractivity contribution in [3.63, 3.8) is 0 Å². The highest BCUT2D eigenvalue weighted by atomic mass is 19.3. The minimum Gasteiger partial charge on any atom is -0.489 e. The van der Waals surface area contributed by atoms with E-state index in [2.05, 4.69) is 19.9 Å². The Bertz CT molecular complexity index is 1350. The number of hydrogen-bond donors (Lipinski definition) is 1. The van der Waals surface area contributed by atoms with E-state index in [1.807, 2.05) is 34.9 Å². The average Bonchev–Trinajstić information content (AvgIpc) is 3.36. The molecule has 1 aliphatic rings. The number of nitrogens with zero attached hydrogens (tertiary/aromatic N) is 3. The molecule has 1 fully saturated rings. The lowest BCUT2D eigenvalue weighted by Gasteiger charge is -2.26. The van der Waals surface area contributed by atoms with Gasteiger partial charge in [0.15, 0.2) is 0 Å². The van der Waals surface area contributed by atoms with Gasteiger partial charge in [0.25, 0.3) is 5.91 Å². The molecule has 1 N–H and O–H groups in total. The molecule has 1 aliphatic heterocycles. The summed E-state index contributed by atoms with van der Waals surface area (Å²) >= 11 is 0.